The van der Waals surface area contributed by atoms with Crippen molar-refractivity contribution in [2.45, 2.75) is 13.3 Å². The van der Waals surface area contributed by atoms with E-state index in [1.165, 1.54) is 0 Å². The first-order chi connectivity index (χ1) is 5.75. The Balaban J connectivity index is 2.34. The van der Waals surface area contributed by atoms with E-state index in [9.17, 15) is 0 Å². The molecule has 0 spiro atoms. The van der Waals surface area contributed by atoms with Crippen LogP contribution in [0.25, 0.3) is 0 Å². The molecular weight excluding hydrogens is 176 g/mol. The van der Waals surface area contributed by atoms with Crippen LogP contribution >= 0.6 is 12.2 Å². The van der Waals surface area contributed by atoms with Crippen LogP contribution in [0, 0.1) is 0 Å². The third-order valence-corrected chi connectivity index (χ3v) is 2.01. The minimum Gasteiger partial charge on any atom is -0.471 e. The highest BCUT2D eigenvalue weighted by atomic mass is 32.1. The highest BCUT2D eigenvalue weighted by Gasteiger charge is 2.21. The van der Waals surface area contributed by atoms with Gasteiger partial charge in [0.1, 0.15) is 0 Å². The van der Waals surface area contributed by atoms with Gasteiger partial charge in [-0.2, -0.15) is 0 Å². The smallest absolute Gasteiger partial charge is 0.262 e. The fraction of sp³-hybridized carbons (Fsp3) is 0.857. The monoisotopic (exact) mass is 190 g/mol. The summed E-state index contributed by atoms with van der Waals surface area (Å²) in [4.78, 5) is 1.77. The van der Waals surface area contributed by atoms with Gasteiger partial charge in [0.15, 0.2) is 6.35 Å². The lowest BCUT2D eigenvalue weighted by Crippen LogP contribution is -2.43. The Morgan fingerprint density at radius 2 is 2.58 bits per heavy atom. The van der Waals surface area contributed by atoms with E-state index < -0.39 is 0 Å². The summed E-state index contributed by atoms with van der Waals surface area (Å²) in [6, 6.07) is 0. The van der Waals surface area contributed by atoms with Gasteiger partial charge in [0.05, 0.1) is 13.2 Å². The molecule has 0 radical (unpaired) electrons. The van der Waals surface area contributed by atoms with Gasteiger partial charge < -0.3 is 9.47 Å². The van der Waals surface area contributed by atoms with Crippen molar-refractivity contribution in [2.24, 2.45) is 0 Å². The summed E-state index contributed by atoms with van der Waals surface area (Å²) >= 11 is 5.00. The zero-order chi connectivity index (χ0) is 8.97. The second kappa shape index (κ2) is 4.59. The van der Waals surface area contributed by atoms with Crippen LogP contribution in [0.3, 0.4) is 0 Å². The Hall–Kier alpha value is -0.390. The number of nitrogens with one attached hydrogen (secondary N) is 1. The van der Waals surface area contributed by atoms with Crippen molar-refractivity contribution in [3.8, 4) is 0 Å². The van der Waals surface area contributed by atoms with Crippen LogP contribution in [-0.2, 0) is 9.47 Å². The van der Waals surface area contributed by atoms with Crippen molar-refractivity contribution < 1.29 is 9.47 Å². The fourth-order valence-corrected chi connectivity index (χ4v) is 1.20. The molecule has 1 saturated heterocycles. The molecule has 4 nitrogen and oxygen atoms in total. The SMILES string of the molecule is CCOC(=S)N(C)C1NCCO1. The molecule has 5 heteroatoms. The zero-order valence-corrected chi connectivity index (χ0v) is 8.19. The molecule has 1 fully saturated rings. The van der Waals surface area contributed by atoms with Crippen LogP contribution in [0.4, 0.5) is 0 Å². The lowest BCUT2D eigenvalue weighted by Gasteiger charge is -2.24. The number of hydrogen-bond acceptors (Lipinski definition) is 4. The lowest BCUT2D eigenvalue weighted by atomic mass is 10.7. The largest absolute Gasteiger partial charge is 0.471 e. The predicted molar refractivity (Wildman–Crippen MR) is 49.7 cm³/mol. The minimum atomic E-state index is -0.121. The van der Waals surface area contributed by atoms with E-state index in [-0.39, 0.29) is 6.35 Å². The molecule has 1 unspecified atom stereocenters. The maximum absolute atomic E-state index is 5.33. The van der Waals surface area contributed by atoms with E-state index in [1.54, 1.807) is 4.90 Å². The van der Waals surface area contributed by atoms with E-state index in [2.05, 4.69) is 5.32 Å². The number of nitrogens with zero attached hydrogens (tertiary/aromatic N) is 1. The molecule has 0 saturated carbocycles. The molecule has 1 heterocycles. The van der Waals surface area contributed by atoms with Crippen LogP contribution in [0.1, 0.15) is 6.92 Å². The van der Waals surface area contributed by atoms with Crippen LogP contribution in [0.2, 0.25) is 0 Å². The van der Waals surface area contributed by atoms with Crippen molar-refractivity contribution in [3.05, 3.63) is 0 Å². The summed E-state index contributed by atoms with van der Waals surface area (Å²) in [5.41, 5.74) is 0. The zero-order valence-electron chi connectivity index (χ0n) is 7.37. The van der Waals surface area contributed by atoms with Crippen LogP contribution in [0.5, 0.6) is 0 Å². The van der Waals surface area contributed by atoms with Crippen molar-refractivity contribution in [1.29, 1.82) is 0 Å². The highest BCUT2D eigenvalue weighted by Crippen LogP contribution is 2.02. The number of rotatable bonds is 2. The summed E-state index contributed by atoms with van der Waals surface area (Å²) in [5, 5.41) is 3.60. The van der Waals surface area contributed by atoms with Crippen molar-refractivity contribution in [1.82, 2.24) is 10.2 Å². The Morgan fingerprint density at radius 1 is 1.83 bits per heavy atom. The Kier molecular flexibility index (Phi) is 3.71. The molecule has 0 aromatic rings. The summed E-state index contributed by atoms with van der Waals surface area (Å²) in [6.07, 6.45) is -0.121. The summed E-state index contributed by atoms with van der Waals surface area (Å²) in [6.45, 7) is 4.09. The molecule has 12 heavy (non-hydrogen) atoms. The molecule has 1 N–H and O–H groups in total. The Morgan fingerprint density at radius 3 is 3.08 bits per heavy atom. The molecule has 0 bridgehead atoms. The van der Waals surface area contributed by atoms with E-state index in [4.69, 9.17) is 21.7 Å². The standard InChI is InChI=1S/C7H14N2O2S/c1-3-10-7(12)9(2)6-8-4-5-11-6/h6,8H,3-5H2,1-2H3. The number of thiocarbonyl (C=S) groups is 1. The second-order valence-corrected chi connectivity index (χ2v) is 2.84. The Labute approximate surface area is 77.8 Å². The molecule has 0 aliphatic carbocycles. The average Bonchev–Trinajstić information content (AvgIpc) is 2.55. The van der Waals surface area contributed by atoms with Gasteiger partial charge in [-0.15, -0.1) is 0 Å². The maximum atomic E-state index is 5.33. The van der Waals surface area contributed by atoms with Gasteiger partial charge in [0.25, 0.3) is 5.17 Å². The normalized spacial score (nSPS) is 22.3. The van der Waals surface area contributed by atoms with Crippen LogP contribution < -0.4 is 5.32 Å². The average molecular weight is 190 g/mol. The van der Waals surface area contributed by atoms with E-state index in [1.807, 2.05) is 14.0 Å². The van der Waals surface area contributed by atoms with Crippen LogP contribution in [0.15, 0.2) is 0 Å². The molecule has 0 aromatic heterocycles. The maximum Gasteiger partial charge on any atom is 0.262 e. The molecule has 1 rings (SSSR count). The van der Waals surface area contributed by atoms with Crippen LogP contribution in [-0.4, -0.2) is 43.2 Å². The molecule has 1 aliphatic rings. The molecule has 1 aliphatic heterocycles. The first kappa shape index (κ1) is 9.70. The van der Waals surface area contributed by atoms with Gasteiger partial charge in [-0.25, -0.2) is 0 Å². The van der Waals surface area contributed by atoms with E-state index >= 15 is 0 Å². The van der Waals surface area contributed by atoms with E-state index in [0.717, 1.165) is 13.2 Å². The van der Waals surface area contributed by atoms with E-state index in [0.29, 0.717) is 11.8 Å². The summed E-state index contributed by atoms with van der Waals surface area (Å²) in [7, 11) is 1.85. The van der Waals surface area contributed by atoms with Crippen molar-refractivity contribution >= 4 is 17.4 Å². The fourth-order valence-electron chi connectivity index (χ4n) is 0.982. The van der Waals surface area contributed by atoms with Gasteiger partial charge >= 0.3 is 0 Å². The van der Waals surface area contributed by atoms with Gasteiger partial charge in [-0.1, -0.05) is 0 Å². The van der Waals surface area contributed by atoms with Gasteiger partial charge in [0.2, 0.25) is 0 Å². The summed E-state index contributed by atoms with van der Waals surface area (Å²) in [5.74, 6) is 0. The quantitative estimate of drug-likeness (QED) is 0.627. The molecule has 0 aromatic carbocycles. The third-order valence-electron chi connectivity index (χ3n) is 1.60. The molecular formula is C7H14N2O2S. The lowest BCUT2D eigenvalue weighted by molar-refractivity contribution is 0.00978. The topological polar surface area (TPSA) is 33.7 Å². The predicted octanol–water partition coefficient (Wildman–Crippen LogP) is 0.143. The van der Waals surface area contributed by atoms with Gasteiger partial charge in [-0.05, 0) is 19.1 Å². The molecule has 70 valence electrons. The minimum absolute atomic E-state index is 0.121. The molecule has 1 atom stereocenters. The van der Waals surface area contributed by atoms with Crippen molar-refractivity contribution in [2.75, 3.05) is 26.8 Å². The second-order valence-electron chi connectivity index (χ2n) is 2.49. The number of ether oxygens (including phenoxy) is 2. The highest BCUT2D eigenvalue weighted by molar-refractivity contribution is 7.80. The number of hydrogen-bond donors (Lipinski definition) is 1. The van der Waals surface area contributed by atoms with Gasteiger partial charge in [-0.3, -0.25) is 10.2 Å². The summed E-state index contributed by atoms with van der Waals surface area (Å²) < 4.78 is 10.5. The molecule has 0 amide bonds. The first-order valence-corrected chi connectivity index (χ1v) is 4.41. The third kappa shape index (κ3) is 2.30. The first-order valence-electron chi connectivity index (χ1n) is 4.00. The van der Waals surface area contributed by atoms with Crippen molar-refractivity contribution in [3.63, 3.8) is 0 Å². The Bertz CT molecular complexity index is 159. The van der Waals surface area contributed by atoms with Gasteiger partial charge in [0, 0.05) is 13.6 Å².